The number of carbonyl (C=O) groups excluding carboxylic acids is 1. The Balaban J connectivity index is 2.02. The monoisotopic (exact) mass is 446 g/mol. The van der Waals surface area contributed by atoms with Gasteiger partial charge in [0.05, 0.1) is 29.6 Å². The summed E-state index contributed by atoms with van der Waals surface area (Å²) in [5.74, 6) is -0.451. The average Bonchev–Trinajstić information content (AvgIpc) is 2.71. The number of hydrogen-bond acceptors (Lipinski definition) is 6. The minimum atomic E-state index is -4.68. The molecule has 0 aliphatic carbocycles. The van der Waals surface area contributed by atoms with Gasteiger partial charge in [-0.15, -0.1) is 0 Å². The van der Waals surface area contributed by atoms with Crippen LogP contribution in [0.3, 0.4) is 0 Å². The summed E-state index contributed by atoms with van der Waals surface area (Å²) in [6, 6.07) is 6.78. The highest BCUT2D eigenvalue weighted by Gasteiger charge is 2.33. The number of alkyl halides is 3. The molecule has 3 N–H and O–H groups in total. The lowest BCUT2D eigenvalue weighted by molar-refractivity contribution is -0.137. The number of methoxy groups -OCH3 is 1. The molecule has 0 spiro atoms. The van der Waals surface area contributed by atoms with Gasteiger partial charge in [-0.1, -0.05) is 0 Å². The Bertz CT molecular complexity index is 1180. The summed E-state index contributed by atoms with van der Waals surface area (Å²) < 4.78 is 45.0. The average molecular weight is 446 g/mol. The minimum Gasteiger partial charge on any atom is -0.508 e. The van der Waals surface area contributed by atoms with Crippen LogP contribution < -0.4 is 15.4 Å². The number of anilines is 3. The molecular formula is C22H21F3N4O3. The first-order chi connectivity index (χ1) is 15.0. The molecule has 1 aromatic carbocycles. The molecule has 32 heavy (non-hydrogen) atoms. The lowest BCUT2D eigenvalue weighted by atomic mass is 10.1. The second kappa shape index (κ2) is 8.74. The summed E-state index contributed by atoms with van der Waals surface area (Å²) in [7, 11) is 1.46. The van der Waals surface area contributed by atoms with Crippen LogP contribution in [0, 0.1) is 20.8 Å². The molecule has 0 unspecified atom stereocenters. The van der Waals surface area contributed by atoms with Crippen molar-refractivity contribution in [2.75, 3.05) is 17.7 Å². The van der Waals surface area contributed by atoms with Gasteiger partial charge in [0.1, 0.15) is 11.6 Å². The number of amides is 1. The Kier molecular flexibility index (Phi) is 6.24. The topological polar surface area (TPSA) is 96.4 Å². The molecule has 3 aromatic rings. The van der Waals surface area contributed by atoms with Crippen molar-refractivity contribution in [3.05, 3.63) is 64.5 Å². The lowest BCUT2D eigenvalue weighted by Crippen LogP contribution is -2.18. The number of benzene rings is 1. The van der Waals surface area contributed by atoms with E-state index in [1.807, 2.05) is 0 Å². The van der Waals surface area contributed by atoms with Crippen LogP contribution in [0.5, 0.6) is 11.6 Å². The molecule has 3 rings (SSSR count). The van der Waals surface area contributed by atoms with Crippen molar-refractivity contribution < 1.29 is 27.8 Å². The van der Waals surface area contributed by atoms with Crippen LogP contribution >= 0.6 is 0 Å². The van der Waals surface area contributed by atoms with Gasteiger partial charge in [0.25, 0.3) is 5.91 Å². The maximum absolute atomic E-state index is 13.3. The van der Waals surface area contributed by atoms with Gasteiger partial charge < -0.3 is 20.5 Å². The molecule has 7 nitrogen and oxygen atoms in total. The third-order valence-corrected chi connectivity index (χ3v) is 4.72. The summed E-state index contributed by atoms with van der Waals surface area (Å²) in [4.78, 5) is 21.1. The van der Waals surface area contributed by atoms with Gasteiger partial charge >= 0.3 is 6.18 Å². The van der Waals surface area contributed by atoms with Crippen molar-refractivity contribution in [2.45, 2.75) is 26.9 Å². The fourth-order valence-corrected chi connectivity index (χ4v) is 3.01. The number of nitrogens with zero attached hydrogens (tertiary/aromatic N) is 2. The number of halogens is 3. The number of aryl methyl sites for hydroxylation is 3. The molecule has 0 aliphatic rings. The minimum absolute atomic E-state index is 0.0317. The van der Waals surface area contributed by atoms with Crippen molar-refractivity contribution in [1.29, 1.82) is 0 Å². The molecule has 0 aliphatic heterocycles. The summed E-state index contributed by atoms with van der Waals surface area (Å²) in [6.07, 6.45) is -4.03. The van der Waals surface area contributed by atoms with E-state index in [9.17, 15) is 23.1 Å². The van der Waals surface area contributed by atoms with Crippen LogP contribution in [0.25, 0.3) is 0 Å². The number of hydrogen-bond donors (Lipinski definition) is 3. The standard InChI is InChI=1S/C22H21F3N4O3/c1-11-7-15(30)5-6-17(11)28-19-16(9-14(10-26-19)22(23,24)25)20(31)29-18-8-12(2)21(32-4)27-13(18)3/h5-10,30H,1-4H3,(H,26,28)(H,29,31). The van der Waals surface area contributed by atoms with E-state index < -0.39 is 17.6 Å². The van der Waals surface area contributed by atoms with Gasteiger partial charge in [0.15, 0.2) is 0 Å². The van der Waals surface area contributed by atoms with Crippen molar-refractivity contribution in [3.8, 4) is 11.6 Å². The largest absolute Gasteiger partial charge is 0.508 e. The first kappa shape index (κ1) is 22.9. The molecule has 0 saturated carbocycles. The normalized spacial score (nSPS) is 11.2. The molecule has 1 amide bonds. The fourth-order valence-electron chi connectivity index (χ4n) is 3.01. The molecule has 0 fully saturated rings. The Morgan fingerprint density at radius 3 is 2.41 bits per heavy atom. The zero-order chi connectivity index (χ0) is 23.6. The lowest BCUT2D eigenvalue weighted by Gasteiger charge is -2.16. The van der Waals surface area contributed by atoms with Crippen molar-refractivity contribution in [3.63, 3.8) is 0 Å². The van der Waals surface area contributed by atoms with Crippen LogP contribution in [-0.4, -0.2) is 28.1 Å². The van der Waals surface area contributed by atoms with E-state index >= 15 is 0 Å². The Morgan fingerprint density at radius 1 is 1.06 bits per heavy atom. The summed E-state index contributed by atoms with van der Waals surface area (Å²) in [5, 5.41) is 15.0. The molecule has 2 heterocycles. The molecule has 2 aromatic heterocycles. The predicted molar refractivity (Wildman–Crippen MR) is 114 cm³/mol. The summed E-state index contributed by atoms with van der Waals surface area (Å²) >= 11 is 0. The van der Waals surface area contributed by atoms with Crippen LogP contribution in [0.15, 0.2) is 36.5 Å². The van der Waals surface area contributed by atoms with Gasteiger partial charge in [-0.3, -0.25) is 4.79 Å². The van der Waals surface area contributed by atoms with Gasteiger partial charge in [-0.25, -0.2) is 9.97 Å². The number of aromatic nitrogens is 2. The number of rotatable bonds is 5. The zero-order valence-corrected chi connectivity index (χ0v) is 17.8. The van der Waals surface area contributed by atoms with Gasteiger partial charge in [0, 0.05) is 17.4 Å². The maximum atomic E-state index is 13.3. The Morgan fingerprint density at radius 2 is 1.78 bits per heavy atom. The maximum Gasteiger partial charge on any atom is 0.417 e. The molecular weight excluding hydrogens is 425 g/mol. The molecule has 168 valence electrons. The van der Waals surface area contributed by atoms with E-state index in [2.05, 4.69) is 20.6 Å². The first-order valence-electron chi connectivity index (χ1n) is 9.47. The molecule has 0 atom stereocenters. The summed E-state index contributed by atoms with van der Waals surface area (Å²) in [6.45, 7) is 5.06. The second-order valence-electron chi connectivity index (χ2n) is 7.14. The predicted octanol–water partition coefficient (Wildman–Crippen LogP) is 5.13. The third kappa shape index (κ3) is 4.90. The second-order valence-corrected chi connectivity index (χ2v) is 7.14. The quantitative estimate of drug-likeness (QED) is 0.470. The highest BCUT2D eigenvalue weighted by atomic mass is 19.4. The Labute approximate surface area is 182 Å². The van der Waals surface area contributed by atoms with E-state index in [4.69, 9.17) is 4.74 Å². The molecule has 0 saturated heterocycles. The van der Waals surface area contributed by atoms with Crippen LogP contribution in [0.4, 0.5) is 30.4 Å². The molecule has 10 heteroatoms. The van der Waals surface area contributed by atoms with Crippen LogP contribution in [0.2, 0.25) is 0 Å². The van der Waals surface area contributed by atoms with Crippen LogP contribution in [0.1, 0.15) is 32.7 Å². The van der Waals surface area contributed by atoms with Gasteiger partial charge in [-0.2, -0.15) is 13.2 Å². The SMILES string of the molecule is COc1nc(C)c(NC(=O)c2cc(C(F)(F)F)cnc2Nc2ccc(O)cc2C)cc1C. The van der Waals surface area contributed by atoms with E-state index in [1.54, 1.807) is 26.8 Å². The number of pyridine rings is 2. The van der Waals surface area contributed by atoms with Gasteiger partial charge in [-0.05, 0) is 56.7 Å². The summed E-state index contributed by atoms with van der Waals surface area (Å²) in [5.41, 5.74) is 1.14. The van der Waals surface area contributed by atoms with E-state index in [0.29, 0.717) is 40.3 Å². The number of nitrogens with one attached hydrogen (secondary N) is 2. The highest BCUT2D eigenvalue weighted by Crippen LogP contribution is 2.33. The van der Waals surface area contributed by atoms with Crippen molar-refractivity contribution in [1.82, 2.24) is 9.97 Å². The van der Waals surface area contributed by atoms with Crippen LogP contribution in [-0.2, 0) is 6.18 Å². The van der Waals surface area contributed by atoms with Gasteiger partial charge in [0.2, 0.25) is 5.88 Å². The zero-order valence-electron chi connectivity index (χ0n) is 17.8. The highest BCUT2D eigenvalue weighted by molar-refractivity contribution is 6.08. The van der Waals surface area contributed by atoms with Crippen molar-refractivity contribution in [2.24, 2.45) is 0 Å². The molecule has 0 bridgehead atoms. The molecule has 0 radical (unpaired) electrons. The fraction of sp³-hybridized carbons (Fsp3) is 0.227. The van der Waals surface area contributed by atoms with Crippen molar-refractivity contribution >= 4 is 23.1 Å². The number of phenolic OH excluding ortho intramolecular Hbond substituents is 1. The number of ether oxygens (including phenoxy) is 1. The van der Waals surface area contributed by atoms with E-state index in [-0.39, 0.29) is 17.1 Å². The number of aromatic hydroxyl groups is 1. The Hall–Kier alpha value is -3.82. The van der Waals surface area contributed by atoms with E-state index in [1.165, 1.54) is 25.3 Å². The number of carbonyl (C=O) groups is 1. The van der Waals surface area contributed by atoms with E-state index in [0.717, 1.165) is 6.07 Å². The first-order valence-corrected chi connectivity index (χ1v) is 9.47. The number of phenols is 1. The third-order valence-electron chi connectivity index (χ3n) is 4.72. The smallest absolute Gasteiger partial charge is 0.417 e.